The van der Waals surface area contributed by atoms with Gasteiger partial charge in [-0.2, -0.15) is 0 Å². The predicted molar refractivity (Wildman–Crippen MR) is 69.4 cm³/mol. The molecule has 0 saturated carbocycles. The molecule has 2 rings (SSSR count). The molecule has 1 unspecified atom stereocenters. The summed E-state index contributed by atoms with van der Waals surface area (Å²) in [5.41, 5.74) is 3.70. The minimum absolute atomic E-state index is 0.0867. The second kappa shape index (κ2) is 6.44. The SMILES string of the molecule is NNC(CCCc1cccs1)c1cnccn1. The molecule has 0 spiro atoms. The van der Waals surface area contributed by atoms with Crippen molar-refractivity contribution in [3.05, 3.63) is 46.7 Å². The Morgan fingerprint density at radius 3 is 3.00 bits per heavy atom. The molecule has 0 saturated heterocycles. The Morgan fingerprint density at radius 1 is 1.41 bits per heavy atom. The molecule has 0 radical (unpaired) electrons. The fourth-order valence-corrected chi connectivity index (χ4v) is 2.49. The summed E-state index contributed by atoms with van der Waals surface area (Å²) in [5, 5.41) is 2.11. The van der Waals surface area contributed by atoms with Crippen LogP contribution in [-0.2, 0) is 6.42 Å². The van der Waals surface area contributed by atoms with Gasteiger partial charge in [0.15, 0.2) is 0 Å². The minimum atomic E-state index is 0.0867. The van der Waals surface area contributed by atoms with Crippen molar-refractivity contribution in [2.24, 2.45) is 5.84 Å². The standard InChI is InChI=1S/C12H16N4S/c13-16-11(12-9-14-6-7-15-12)5-1-3-10-4-2-8-17-10/h2,4,6-9,11,16H,1,3,5,13H2. The maximum Gasteiger partial charge on any atom is 0.0769 e. The first-order chi connectivity index (χ1) is 8.40. The van der Waals surface area contributed by atoms with Crippen molar-refractivity contribution < 1.29 is 0 Å². The molecule has 5 heteroatoms. The fourth-order valence-electron chi connectivity index (χ4n) is 1.74. The van der Waals surface area contributed by atoms with Crippen molar-refractivity contribution in [2.45, 2.75) is 25.3 Å². The molecule has 90 valence electrons. The maximum atomic E-state index is 5.55. The van der Waals surface area contributed by atoms with Gasteiger partial charge in [-0.3, -0.25) is 21.2 Å². The van der Waals surface area contributed by atoms with E-state index in [9.17, 15) is 0 Å². The number of aromatic nitrogens is 2. The van der Waals surface area contributed by atoms with Gasteiger partial charge >= 0.3 is 0 Å². The lowest BCUT2D eigenvalue weighted by Gasteiger charge is -2.14. The highest BCUT2D eigenvalue weighted by molar-refractivity contribution is 7.09. The number of hydrogen-bond donors (Lipinski definition) is 2. The maximum absolute atomic E-state index is 5.55. The molecular weight excluding hydrogens is 232 g/mol. The van der Waals surface area contributed by atoms with Crippen LogP contribution in [0.5, 0.6) is 0 Å². The number of hydrogen-bond acceptors (Lipinski definition) is 5. The van der Waals surface area contributed by atoms with Gasteiger partial charge in [-0.15, -0.1) is 11.3 Å². The summed E-state index contributed by atoms with van der Waals surface area (Å²) >= 11 is 1.80. The number of nitrogens with zero attached hydrogens (tertiary/aromatic N) is 2. The Morgan fingerprint density at radius 2 is 2.35 bits per heavy atom. The van der Waals surface area contributed by atoms with Gasteiger partial charge < -0.3 is 0 Å². The summed E-state index contributed by atoms with van der Waals surface area (Å²) in [6.07, 6.45) is 8.27. The third-order valence-corrected chi connectivity index (χ3v) is 3.57. The molecule has 0 bridgehead atoms. The van der Waals surface area contributed by atoms with Crippen molar-refractivity contribution in [1.82, 2.24) is 15.4 Å². The number of aryl methyl sites for hydroxylation is 1. The molecule has 0 amide bonds. The van der Waals surface area contributed by atoms with E-state index in [0.29, 0.717) is 0 Å². The fraction of sp³-hybridized carbons (Fsp3) is 0.333. The van der Waals surface area contributed by atoms with Crippen LogP contribution < -0.4 is 11.3 Å². The van der Waals surface area contributed by atoms with Crippen LogP contribution in [0.4, 0.5) is 0 Å². The summed E-state index contributed by atoms with van der Waals surface area (Å²) in [6, 6.07) is 4.34. The lowest BCUT2D eigenvalue weighted by atomic mass is 10.1. The summed E-state index contributed by atoms with van der Waals surface area (Å²) < 4.78 is 0. The van der Waals surface area contributed by atoms with Gasteiger partial charge in [0, 0.05) is 17.3 Å². The van der Waals surface area contributed by atoms with Gasteiger partial charge in [-0.25, -0.2) is 0 Å². The zero-order valence-corrected chi connectivity index (χ0v) is 10.4. The van der Waals surface area contributed by atoms with Gasteiger partial charge in [-0.1, -0.05) is 6.07 Å². The van der Waals surface area contributed by atoms with E-state index in [1.165, 1.54) is 4.88 Å². The molecular formula is C12H16N4S. The third kappa shape index (κ3) is 3.59. The molecule has 3 N–H and O–H groups in total. The number of thiophene rings is 1. The summed E-state index contributed by atoms with van der Waals surface area (Å²) in [6.45, 7) is 0. The third-order valence-electron chi connectivity index (χ3n) is 2.64. The van der Waals surface area contributed by atoms with Crippen LogP contribution in [0, 0.1) is 0 Å². The van der Waals surface area contributed by atoms with Crippen molar-refractivity contribution in [2.75, 3.05) is 0 Å². The highest BCUT2D eigenvalue weighted by atomic mass is 32.1. The Kier molecular flexibility index (Phi) is 4.61. The average molecular weight is 248 g/mol. The largest absolute Gasteiger partial charge is 0.271 e. The van der Waals surface area contributed by atoms with E-state index in [0.717, 1.165) is 25.0 Å². The van der Waals surface area contributed by atoms with E-state index in [-0.39, 0.29) is 6.04 Å². The highest BCUT2D eigenvalue weighted by Gasteiger charge is 2.10. The molecule has 2 aromatic heterocycles. The lowest BCUT2D eigenvalue weighted by molar-refractivity contribution is 0.487. The van der Waals surface area contributed by atoms with Crippen molar-refractivity contribution in [3.8, 4) is 0 Å². The number of nitrogens with one attached hydrogen (secondary N) is 1. The summed E-state index contributed by atoms with van der Waals surface area (Å²) in [4.78, 5) is 9.74. The van der Waals surface area contributed by atoms with Crippen LogP contribution in [-0.4, -0.2) is 9.97 Å². The molecule has 4 nitrogen and oxygen atoms in total. The van der Waals surface area contributed by atoms with E-state index < -0.39 is 0 Å². The second-order valence-corrected chi connectivity index (χ2v) is 4.85. The van der Waals surface area contributed by atoms with Crippen LogP contribution in [0.3, 0.4) is 0 Å². The highest BCUT2D eigenvalue weighted by Crippen LogP contribution is 2.18. The quantitative estimate of drug-likeness (QED) is 0.607. The number of nitrogens with two attached hydrogens (primary N) is 1. The van der Waals surface area contributed by atoms with Crippen LogP contribution in [0.1, 0.15) is 29.5 Å². The van der Waals surface area contributed by atoms with Gasteiger partial charge in [0.1, 0.15) is 0 Å². The molecule has 2 heterocycles. The summed E-state index contributed by atoms with van der Waals surface area (Å²) in [5.74, 6) is 5.55. The van der Waals surface area contributed by atoms with E-state index in [4.69, 9.17) is 5.84 Å². The predicted octanol–water partition coefficient (Wildman–Crippen LogP) is 2.07. The normalized spacial score (nSPS) is 12.5. The molecule has 0 aliphatic rings. The first kappa shape index (κ1) is 12.2. The van der Waals surface area contributed by atoms with Crippen LogP contribution in [0.2, 0.25) is 0 Å². The van der Waals surface area contributed by atoms with Crippen LogP contribution >= 0.6 is 11.3 Å². The molecule has 17 heavy (non-hydrogen) atoms. The average Bonchev–Trinajstić information content (AvgIpc) is 2.89. The zero-order chi connectivity index (χ0) is 11.9. The lowest BCUT2D eigenvalue weighted by Crippen LogP contribution is -2.28. The van der Waals surface area contributed by atoms with Crippen molar-refractivity contribution in [3.63, 3.8) is 0 Å². The second-order valence-electron chi connectivity index (χ2n) is 3.82. The van der Waals surface area contributed by atoms with E-state index in [2.05, 4.69) is 32.9 Å². The Labute approximate surface area is 105 Å². The molecule has 0 fully saturated rings. The van der Waals surface area contributed by atoms with E-state index >= 15 is 0 Å². The first-order valence-corrected chi connectivity index (χ1v) is 6.52. The monoisotopic (exact) mass is 248 g/mol. The summed E-state index contributed by atoms with van der Waals surface area (Å²) in [7, 11) is 0. The molecule has 0 aromatic carbocycles. The van der Waals surface area contributed by atoms with Crippen molar-refractivity contribution >= 4 is 11.3 Å². The molecule has 1 atom stereocenters. The Hall–Kier alpha value is -1.30. The van der Waals surface area contributed by atoms with E-state index in [1.54, 1.807) is 29.9 Å². The number of hydrazine groups is 1. The van der Waals surface area contributed by atoms with E-state index in [1.807, 2.05) is 0 Å². The van der Waals surface area contributed by atoms with Gasteiger partial charge in [-0.05, 0) is 30.7 Å². The first-order valence-electron chi connectivity index (χ1n) is 5.64. The molecule has 0 aliphatic carbocycles. The molecule has 0 aliphatic heterocycles. The van der Waals surface area contributed by atoms with Crippen LogP contribution in [0.25, 0.3) is 0 Å². The van der Waals surface area contributed by atoms with Crippen molar-refractivity contribution in [1.29, 1.82) is 0 Å². The minimum Gasteiger partial charge on any atom is -0.271 e. The van der Waals surface area contributed by atoms with Gasteiger partial charge in [0.2, 0.25) is 0 Å². The van der Waals surface area contributed by atoms with Gasteiger partial charge in [0.05, 0.1) is 17.9 Å². The van der Waals surface area contributed by atoms with Gasteiger partial charge in [0.25, 0.3) is 0 Å². The number of rotatable bonds is 6. The Bertz CT molecular complexity index is 415. The smallest absolute Gasteiger partial charge is 0.0769 e. The Balaban J connectivity index is 1.84. The molecule has 2 aromatic rings. The zero-order valence-electron chi connectivity index (χ0n) is 9.54. The topological polar surface area (TPSA) is 63.8 Å². The van der Waals surface area contributed by atoms with Crippen LogP contribution in [0.15, 0.2) is 36.1 Å².